The second-order valence-corrected chi connectivity index (χ2v) is 8.43. The van der Waals surface area contributed by atoms with Crippen LogP contribution in [-0.4, -0.2) is 63.3 Å². The molecule has 140 valence electrons. The Hall–Kier alpha value is -2.57. The van der Waals surface area contributed by atoms with Crippen molar-refractivity contribution in [3.8, 4) is 0 Å². The van der Waals surface area contributed by atoms with E-state index in [0.29, 0.717) is 35.4 Å². The lowest BCUT2D eigenvalue weighted by Gasteiger charge is -2.24. The summed E-state index contributed by atoms with van der Waals surface area (Å²) < 4.78 is 1.85. The molecule has 7 heteroatoms. The highest BCUT2D eigenvalue weighted by molar-refractivity contribution is 5.94. The van der Waals surface area contributed by atoms with Gasteiger partial charge < -0.3 is 19.5 Å². The van der Waals surface area contributed by atoms with Gasteiger partial charge in [-0.2, -0.15) is 0 Å². The second-order valence-electron chi connectivity index (χ2n) is 8.43. The first-order chi connectivity index (χ1) is 13.2. The van der Waals surface area contributed by atoms with Gasteiger partial charge in [0.25, 0.3) is 5.91 Å². The Morgan fingerprint density at radius 3 is 2.93 bits per heavy atom. The van der Waals surface area contributed by atoms with Crippen molar-refractivity contribution < 1.29 is 9.59 Å². The summed E-state index contributed by atoms with van der Waals surface area (Å²) in [6.45, 7) is 3.44. The van der Waals surface area contributed by atoms with E-state index in [1.165, 1.54) is 0 Å². The van der Waals surface area contributed by atoms with Crippen molar-refractivity contribution in [2.24, 2.45) is 17.3 Å². The molecule has 2 saturated carbocycles. The molecule has 3 amide bonds. The molecule has 0 radical (unpaired) electrons. The largest absolute Gasteiger partial charge is 0.352 e. The maximum atomic E-state index is 12.7. The summed E-state index contributed by atoms with van der Waals surface area (Å²) >= 11 is 0. The molecule has 3 saturated heterocycles. The van der Waals surface area contributed by atoms with Crippen molar-refractivity contribution >= 4 is 17.6 Å². The van der Waals surface area contributed by atoms with Gasteiger partial charge in [-0.25, -0.2) is 9.78 Å². The number of aromatic nitrogens is 2. The van der Waals surface area contributed by atoms with E-state index < -0.39 is 0 Å². The van der Waals surface area contributed by atoms with Gasteiger partial charge in [-0.05, 0) is 43.2 Å². The maximum Gasteiger partial charge on any atom is 0.320 e. The molecule has 1 N–H and O–H groups in total. The Labute approximate surface area is 157 Å². The van der Waals surface area contributed by atoms with Crippen LogP contribution < -0.4 is 5.32 Å². The Balaban J connectivity index is 1.05. The topological polar surface area (TPSA) is 70.0 Å². The molecular formula is C20H23N5O2. The van der Waals surface area contributed by atoms with Gasteiger partial charge in [-0.1, -0.05) is 0 Å². The zero-order valence-electron chi connectivity index (χ0n) is 15.2. The standard InChI is InChI=1S/C20H23N5O2/c26-18(13-3-4-15-21-7-10-24(15)11-13)22-6-5-20-14-12-25(17(20)16(14)20)19(27)23-8-1-2-9-23/h3-4,7,10-11,14,16-17H,1-2,5-6,8-9,12H2,(H,22,26)/t14-,16-,17?,20+/m1/s1. The summed E-state index contributed by atoms with van der Waals surface area (Å²) in [5.74, 6) is 1.33. The second kappa shape index (κ2) is 5.24. The van der Waals surface area contributed by atoms with E-state index >= 15 is 0 Å². The van der Waals surface area contributed by atoms with E-state index in [1.807, 2.05) is 33.8 Å². The number of hydrogen-bond donors (Lipinski definition) is 1. The number of fused-ring (bicyclic) bond motifs is 2. The third-order valence-corrected chi connectivity index (χ3v) is 7.26. The van der Waals surface area contributed by atoms with Gasteiger partial charge in [0, 0.05) is 56.2 Å². The molecule has 27 heavy (non-hydrogen) atoms. The lowest BCUT2D eigenvalue weighted by Crippen LogP contribution is -2.41. The summed E-state index contributed by atoms with van der Waals surface area (Å²) in [7, 11) is 0. The van der Waals surface area contributed by atoms with Crippen LogP contribution in [0.25, 0.3) is 5.65 Å². The molecule has 7 nitrogen and oxygen atoms in total. The molecule has 2 bridgehead atoms. The number of carbonyl (C=O) groups is 2. The maximum absolute atomic E-state index is 12.7. The highest BCUT2D eigenvalue weighted by atomic mass is 16.2. The summed E-state index contributed by atoms with van der Waals surface area (Å²) in [6, 6.07) is 4.36. The number of carbonyl (C=O) groups excluding carboxylic acids is 2. The normalized spacial score (nSPS) is 32.7. The van der Waals surface area contributed by atoms with Crippen molar-refractivity contribution in [2.45, 2.75) is 25.3 Å². The van der Waals surface area contributed by atoms with Crippen molar-refractivity contribution in [1.82, 2.24) is 24.5 Å². The number of hydrogen-bond acceptors (Lipinski definition) is 3. The van der Waals surface area contributed by atoms with Crippen molar-refractivity contribution in [1.29, 1.82) is 0 Å². The summed E-state index contributed by atoms with van der Waals surface area (Å²) in [4.78, 5) is 33.4. The molecule has 1 unspecified atom stereocenters. The van der Waals surface area contributed by atoms with Crippen molar-refractivity contribution in [3.05, 3.63) is 36.3 Å². The van der Waals surface area contributed by atoms with E-state index in [9.17, 15) is 9.59 Å². The number of imidazole rings is 1. The third-order valence-electron chi connectivity index (χ3n) is 7.26. The van der Waals surface area contributed by atoms with Crippen LogP contribution in [0.15, 0.2) is 30.7 Å². The number of nitrogens with one attached hydrogen (secondary N) is 1. The first-order valence-electron chi connectivity index (χ1n) is 9.96. The van der Waals surface area contributed by atoms with Crippen LogP contribution in [0.5, 0.6) is 0 Å². The van der Waals surface area contributed by atoms with Crippen LogP contribution in [-0.2, 0) is 0 Å². The van der Waals surface area contributed by atoms with Crippen LogP contribution in [0, 0.1) is 17.3 Å². The number of likely N-dealkylation sites (tertiary alicyclic amines) is 1. The SMILES string of the molecule is O=C(NCC[C@@]12C3[C@H]1[C@H]2CN3C(=O)N1CCCC1)c1ccc2nccn2c1. The van der Waals surface area contributed by atoms with E-state index in [0.717, 1.165) is 44.5 Å². The zero-order chi connectivity index (χ0) is 18.2. The van der Waals surface area contributed by atoms with Crippen LogP contribution in [0.2, 0.25) is 0 Å². The van der Waals surface area contributed by atoms with Gasteiger partial charge in [0.05, 0.1) is 5.56 Å². The third kappa shape index (κ3) is 2.05. The summed E-state index contributed by atoms with van der Waals surface area (Å²) in [6.07, 6.45) is 8.64. The number of pyridine rings is 1. The highest BCUT2D eigenvalue weighted by Gasteiger charge is 2.92. The molecule has 5 aliphatic rings. The Bertz CT molecular complexity index is 943. The van der Waals surface area contributed by atoms with Crippen LogP contribution in [0.3, 0.4) is 0 Å². The van der Waals surface area contributed by atoms with Crippen LogP contribution in [0.1, 0.15) is 29.6 Å². The van der Waals surface area contributed by atoms with Gasteiger partial charge in [0.1, 0.15) is 5.65 Å². The predicted molar refractivity (Wildman–Crippen MR) is 98.3 cm³/mol. The number of rotatable bonds is 4. The van der Waals surface area contributed by atoms with Gasteiger partial charge in [0.15, 0.2) is 0 Å². The Kier molecular flexibility index (Phi) is 3.01. The molecule has 2 aliphatic carbocycles. The Morgan fingerprint density at radius 2 is 2.11 bits per heavy atom. The first kappa shape index (κ1) is 15.5. The molecule has 0 aromatic carbocycles. The van der Waals surface area contributed by atoms with E-state index in [4.69, 9.17) is 0 Å². The fourth-order valence-corrected chi connectivity index (χ4v) is 5.79. The number of piperidine rings is 1. The average molecular weight is 365 g/mol. The van der Waals surface area contributed by atoms with Gasteiger partial charge in [-0.3, -0.25) is 4.79 Å². The fraction of sp³-hybridized carbons (Fsp3) is 0.550. The van der Waals surface area contributed by atoms with E-state index in [1.54, 1.807) is 6.20 Å². The lowest BCUT2D eigenvalue weighted by molar-refractivity contribution is 0.0950. The molecule has 5 heterocycles. The predicted octanol–water partition coefficient (Wildman–Crippen LogP) is 1.60. The Morgan fingerprint density at radius 1 is 1.26 bits per heavy atom. The molecule has 3 aliphatic heterocycles. The quantitative estimate of drug-likeness (QED) is 0.895. The smallest absolute Gasteiger partial charge is 0.320 e. The molecule has 2 aromatic rings. The fourth-order valence-electron chi connectivity index (χ4n) is 5.79. The molecule has 4 atom stereocenters. The van der Waals surface area contributed by atoms with E-state index in [-0.39, 0.29) is 11.9 Å². The monoisotopic (exact) mass is 365 g/mol. The minimum Gasteiger partial charge on any atom is -0.352 e. The summed E-state index contributed by atoms with van der Waals surface area (Å²) in [5.41, 5.74) is 1.80. The molecular weight excluding hydrogens is 342 g/mol. The lowest BCUT2D eigenvalue weighted by atomic mass is 10.0. The number of amides is 3. The molecule has 7 rings (SSSR count). The minimum atomic E-state index is -0.0443. The number of urea groups is 1. The van der Waals surface area contributed by atoms with E-state index in [2.05, 4.69) is 15.2 Å². The van der Waals surface area contributed by atoms with Gasteiger partial charge in [-0.15, -0.1) is 0 Å². The first-order valence-corrected chi connectivity index (χ1v) is 9.96. The minimum absolute atomic E-state index is 0.0443. The number of nitrogens with zero attached hydrogens (tertiary/aromatic N) is 4. The van der Waals surface area contributed by atoms with Crippen LogP contribution in [0.4, 0.5) is 4.79 Å². The molecule has 5 fully saturated rings. The molecule has 0 spiro atoms. The van der Waals surface area contributed by atoms with Gasteiger partial charge >= 0.3 is 6.03 Å². The highest BCUT2D eigenvalue weighted by Crippen LogP contribution is 2.87. The van der Waals surface area contributed by atoms with Crippen LogP contribution >= 0.6 is 0 Å². The van der Waals surface area contributed by atoms with Crippen molar-refractivity contribution in [2.75, 3.05) is 26.2 Å². The van der Waals surface area contributed by atoms with Crippen molar-refractivity contribution in [3.63, 3.8) is 0 Å². The summed E-state index contributed by atoms with van der Waals surface area (Å²) in [5, 5.41) is 3.06. The molecule has 2 aromatic heterocycles. The zero-order valence-corrected chi connectivity index (χ0v) is 15.2. The average Bonchev–Trinajstić information content (AvgIpc) is 3.23. The van der Waals surface area contributed by atoms with Gasteiger partial charge in [0.2, 0.25) is 0 Å².